The van der Waals surface area contributed by atoms with Crippen LogP contribution in [0.15, 0.2) is 6.07 Å². The van der Waals surface area contributed by atoms with Crippen molar-refractivity contribution >= 4 is 21.4 Å². The van der Waals surface area contributed by atoms with Crippen LogP contribution < -0.4 is 0 Å². The minimum Gasteiger partial charge on any atom is -0.140 e. The summed E-state index contributed by atoms with van der Waals surface area (Å²) < 4.78 is 1.48. The molecule has 0 saturated carbocycles. The van der Waals surface area contributed by atoms with Crippen molar-refractivity contribution in [3.05, 3.63) is 33.2 Å². The van der Waals surface area contributed by atoms with E-state index in [1.807, 2.05) is 11.3 Å². The van der Waals surface area contributed by atoms with Crippen LogP contribution in [0.2, 0.25) is 0 Å². The van der Waals surface area contributed by atoms with E-state index >= 15 is 0 Å². The van der Waals surface area contributed by atoms with Gasteiger partial charge < -0.3 is 0 Å². The van der Waals surface area contributed by atoms with E-state index in [1.165, 1.54) is 33.2 Å². The summed E-state index contributed by atoms with van der Waals surface area (Å²) >= 11 is 1.99. The Hall–Kier alpha value is -0.820. The lowest BCUT2D eigenvalue weighted by Crippen LogP contribution is -1.90. The van der Waals surface area contributed by atoms with Crippen LogP contribution in [0.5, 0.6) is 0 Å². The van der Waals surface area contributed by atoms with Crippen LogP contribution in [0.3, 0.4) is 0 Å². The van der Waals surface area contributed by atoms with Crippen LogP contribution in [0.1, 0.15) is 41.0 Å². The molecule has 0 fully saturated rings. The van der Waals surface area contributed by atoms with E-state index in [0.717, 1.165) is 6.42 Å². The predicted molar refractivity (Wildman–Crippen MR) is 74.8 cm³/mol. The molecule has 0 radical (unpaired) electrons. The summed E-state index contributed by atoms with van der Waals surface area (Å²) in [6, 6.07) is 2.36. The highest BCUT2D eigenvalue weighted by atomic mass is 32.1. The van der Waals surface area contributed by atoms with Crippen molar-refractivity contribution < 1.29 is 0 Å². The molecule has 0 aliphatic rings. The van der Waals surface area contributed by atoms with E-state index in [4.69, 9.17) is 0 Å². The summed E-state index contributed by atoms with van der Waals surface area (Å²) in [6.07, 6.45) is 2.33. The van der Waals surface area contributed by atoms with Crippen molar-refractivity contribution in [1.29, 1.82) is 0 Å². The van der Waals surface area contributed by atoms with E-state index in [0.29, 0.717) is 0 Å². The lowest BCUT2D eigenvalue weighted by molar-refractivity contribution is 1.08. The van der Waals surface area contributed by atoms with Gasteiger partial charge in [-0.1, -0.05) is 13.8 Å². The molecule has 0 N–H and O–H groups in total. The van der Waals surface area contributed by atoms with E-state index in [2.05, 4.69) is 40.7 Å². The number of aryl methyl sites for hydroxylation is 4. The smallest absolute Gasteiger partial charge is 0.0354 e. The molecule has 2 aromatic rings. The first-order valence-electron chi connectivity index (χ1n) is 6.11. The van der Waals surface area contributed by atoms with Gasteiger partial charge in [0.05, 0.1) is 0 Å². The number of hydrogen-bond acceptors (Lipinski definition) is 1. The predicted octanol–water partition coefficient (Wildman–Crippen LogP) is 4.95. The molecule has 1 heteroatoms. The van der Waals surface area contributed by atoms with Crippen molar-refractivity contribution in [1.82, 2.24) is 0 Å². The summed E-state index contributed by atoms with van der Waals surface area (Å²) in [5.41, 5.74) is 5.96. The molecular formula is C15H20S. The SMILES string of the molecule is CCc1sc2cc(C)c(C)c(C)c2c1CC. The maximum atomic E-state index is 2.36. The third-order valence-electron chi connectivity index (χ3n) is 3.67. The Balaban J connectivity index is 2.89. The van der Waals surface area contributed by atoms with Gasteiger partial charge in [-0.25, -0.2) is 0 Å². The molecule has 1 heterocycles. The van der Waals surface area contributed by atoms with Gasteiger partial charge in [-0.2, -0.15) is 0 Å². The second-order valence-corrected chi connectivity index (χ2v) is 5.66. The Morgan fingerprint density at radius 3 is 2.25 bits per heavy atom. The van der Waals surface area contributed by atoms with Crippen molar-refractivity contribution in [2.75, 3.05) is 0 Å². The average molecular weight is 232 g/mol. The van der Waals surface area contributed by atoms with E-state index in [-0.39, 0.29) is 0 Å². The Bertz CT molecular complexity index is 532. The molecule has 0 spiro atoms. The number of benzene rings is 1. The lowest BCUT2D eigenvalue weighted by Gasteiger charge is -2.08. The van der Waals surface area contributed by atoms with Gasteiger partial charge >= 0.3 is 0 Å². The quantitative estimate of drug-likeness (QED) is 0.687. The summed E-state index contributed by atoms with van der Waals surface area (Å²) in [6.45, 7) is 11.3. The maximum Gasteiger partial charge on any atom is 0.0354 e. The molecule has 0 saturated heterocycles. The minimum atomic E-state index is 1.16. The van der Waals surface area contributed by atoms with Crippen LogP contribution in [0, 0.1) is 20.8 Å². The minimum absolute atomic E-state index is 1.16. The van der Waals surface area contributed by atoms with Gasteiger partial charge in [-0.3, -0.25) is 0 Å². The van der Waals surface area contributed by atoms with Crippen LogP contribution in [0.4, 0.5) is 0 Å². The molecule has 2 rings (SSSR count). The van der Waals surface area contributed by atoms with Gasteiger partial charge in [0.25, 0.3) is 0 Å². The molecule has 0 amide bonds. The molecule has 0 aliphatic carbocycles. The molecule has 0 atom stereocenters. The first kappa shape index (κ1) is 11.7. The molecule has 0 nitrogen and oxygen atoms in total. The highest BCUT2D eigenvalue weighted by molar-refractivity contribution is 7.19. The van der Waals surface area contributed by atoms with Gasteiger partial charge in [-0.15, -0.1) is 11.3 Å². The summed E-state index contributed by atoms with van der Waals surface area (Å²) in [4.78, 5) is 1.57. The summed E-state index contributed by atoms with van der Waals surface area (Å²) in [5.74, 6) is 0. The molecule has 0 aliphatic heterocycles. The first-order chi connectivity index (χ1) is 7.60. The van der Waals surface area contributed by atoms with E-state index < -0.39 is 0 Å². The highest BCUT2D eigenvalue weighted by Gasteiger charge is 2.13. The van der Waals surface area contributed by atoms with Crippen molar-refractivity contribution in [3.63, 3.8) is 0 Å². The summed E-state index contributed by atoms with van der Waals surface area (Å²) in [7, 11) is 0. The zero-order valence-corrected chi connectivity index (χ0v) is 11.7. The first-order valence-corrected chi connectivity index (χ1v) is 6.92. The van der Waals surface area contributed by atoms with Crippen LogP contribution in [-0.2, 0) is 12.8 Å². The third-order valence-corrected chi connectivity index (χ3v) is 4.99. The van der Waals surface area contributed by atoms with Gasteiger partial charge in [-0.05, 0) is 67.3 Å². The Morgan fingerprint density at radius 2 is 1.69 bits per heavy atom. The molecule has 86 valence electrons. The topological polar surface area (TPSA) is 0 Å². The normalized spacial score (nSPS) is 11.3. The van der Waals surface area contributed by atoms with E-state index in [1.54, 1.807) is 10.4 Å². The standard InChI is InChI=1S/C15H20S/c1-6-12-13(7-2)16-14-8-9(3)10(4)11(5)15(12)14/h8H,6-7H2,1-5H3. The van der Waals surface area contributed by atoms with Crippen LogP contribution in [-0.4, -0.2) is 0 Å². The molecule has 0 bridgehead atoms. The van der Waals surface area contributed by atoms with Gasteiger partial charge in [0.1, 0.15) is 0 Å². The second kappa shape index (κ2) is 4.21. The van der Waals surface area contributed by atoms with Crippen molar-refractivity contribution in [3.8, 4) is 0 Å². The fourth-order valence-corrected chi connectivity index (χ4v) is 3.89. The molecule has 1 aromatic carbocycles. The summed E-state index contributed by atoms with van der Waals surface area (Å²) in [5, 5.41) is 1.53. The average Bonchev–Trinajstić information content (AvgIpc) is 2.63. The fourth-order valence-electron chi connectivity index (χ4n) is 2.49. The molecule has 16 heavy (non-hydrogen) atoms. The maximum absolute atomic E-state index is 2.36. The Morgan fingerprint density at radius 1 is 1.00 bits per heavy atom. The second-order valence-electron chi connectivity index (χ2n) is 4.53. The number of fused-ring (bicyclic) bond motifs is 1. The van der Waals surface area contributed by atoms with Gasteiger partial charge in [0.15, 0.2) is 0 Å². The number of rotatable bonds is 2. The Labute approximate surface area is 102 Å². The molecule has 0 unspecified atom stereocenters. The van der Waals surface area contributed by atoms with Crippen LogP contribution >= 0.6 is 11.3 Å². The Kier molecular flexibility index (Phi) is 3.07. The van der Waals surface area contributed by atoms with Crippen LogP contribution in [0.25, 0.3) is 10.1 Å². The monoisotopic (exact) mass is 232 g/mol. The van der Waals surface area contributed by atoms with Gasteiger partial charge in [0.2, 0.25) is 0 Å². The van der Waals surface area contributed by atoms with E-state index in [9.17, 15) is 0 Å². The molecular weight excluding hydrogens is 212 g/mol. The van der Waals surface area contributed by atoms with Gasteiger partial charge in [0, 0.05) is 9.58 Å². The zero-order chi connectivity index (χ0) is 11.9. The van der Waals surface area contributed by atoms with Crippen molar-refractivity contribution in [2.45, 2.75) is 47.5 Å². The largest absolute Gasteiger partial charge is 0.140 e. The number of thiophene rings is 1. The third kappa shape index (κ3) is 1.58. The number of hydrogen-bond donors (Lipinski definition) is 0. The zero-order valence-electron chi connectivity index (χ0n) is 10.9. The fraction of sp³-hybridized carbons (Fsp3) is 0.467. The van der Waals surface area contributed by atoms with Crippen molar-refractivity contribution in [2.24, 2.45) is 0 Å². The highest BCUT2D eigenvalue weighted by Crippen LogP contribution is 2.36. The molecule has 1 aromatic heterocycles. The lowest BCUT2D eigenvalue weighted by atomic mass is 9.96.